The Kier molecular flexibility index (Phi) is 5.84. The van der Waals surface area contributed by atoms with Crippen LogP contribution in [0.15, 0.2) is 48.7 Å². The number of hydrogen-bond donors (Lipinski definition) is 1. The van der Waals surface area contributed by atoms with Gasteiger partial charge in [-0.3, -0.25) is 9.30 Å². The lowest BCUT2D eigenvalue weighted by Gasteiger charge is -2.26. The van der Waals surface area contributed by atoms with Crippen LogP contribution in [-0.4, -0.2) is 45.7 Å². The lowest BCUT2D eigenvalue weighted by Crippen LogP contribution is -2.29. The van der Waals surface area contributed by atoms with E-state index < -0.39 is 0 Å². The molecule has 4 rings (SSSR count). The number of piperidine rings is 1. The highest BCUT2D eigenvalue weighted by molar-refractivity contribution is 5.44. The van der Waals surface area contributed by atoms with E-state index in [9.17, 15) is 0 Å². The molecule has 1 aromatic carbocycles. The van der Waals surface area contributed by atoms with E-state index in [0.29, 0.717) is 6.61 Å². The summed E-state index contributed by atoms with van der Waals surface area (Å²) in [5, 5.41) is 11.6. The van der Waals surface area contributed by atoms with Crippen molar-refractivity contribution >= 4 is 11.6 Å². The first-order chi connectivity index (χ1) is 13.4. The van der Waals surface area contributed by atoms with Crippen molar-refractivity contribution in [2.45, 2.75) is 32.2 Å². The first kappa shape index (κ1) is 17.8. The first-order valence-electron chi connectivity index (χ1n) is 9.86. The second-order valence-corrected chi connectivity index (χ2v) is 7.07. The molecule has 6 heteroatoms. The van der Waals surface area contributed by atoms with Crippen molar-refractivity contribution in [3.8, 4) is 5.75 Å². The summed E-state index contributed by atoms with van der Waals surface area (Å²) in [6.45, 7) is 4.93. The van der Waals surface area contributed by atoms with E-state index >= 15 is 0 Å². The van der Waals surface area contributed by atoms with Crippen LogP contribution >= 0.6 is 0 Å². The van der Waals surface area contributed by atoms with E-state index in [0.717, 1.165) is 36.9 Å². The standard InChI is InChI=1S/C21H27N5O/c1-3-12-25(13-4-1)17-18-8-6-9-19(16-18)27-15-7-11-22-21-24-23-20-10-2-5-14-26(20)21/h2,5-6,8-10,14,16H,1,3-4,7,11-13,15,17H2,(H,22,24). The Balaban J connectivity index is 1.21. The normalized spacial score (nSPS) is 15.1. The van der Waals surface area contributed by atoms with Crippen molar-refractivity contribution in [3.05, 3.63) is 54.2 Å². The van der Waals surface area contributed by atoms with Gasteiger partial charge in [-0.1, -0.05) is 24.6 Å². The third kappa shape index (κ3) is 4.77. The molecule has 0 amide bonds. The minimum Gasteiger partial charge on any atom is -0.494 e. The molecule has 0 unspecified atom stereocenters. The summed E-state index contributed by atoms with van der Waals surface area (Å²) in [7, 11) is 0. The molecular formula is C21H27N5O. The molecule has 3 heterocycles. The Labute approximate surface area is 160 Å². The summed E-state index contributed by atoms with van der Waals surface area (Å²) in [5.74, 6) is 1.73. The summed E-state index contributed by atoms with van der Waals surface area (Å²) >= 11 is 0. The molecule has 1 aliphatic heterocycles. The van der Waals surface area contributed by atoms with Gasteiger partial charge in [-0.05, 0) is 62.2 Å². The molecule has 1 fully saturated rings. The summed E-state index contributed by atoms with van der Waals surface area (Å²) in [5.41, 5.74) is 2.18. The van der Waals surface area contributed by atoms with Crippen molar-refractivity contribution in [1.29, 1.82) is 0 Å². The lowest BCUT2D eigenvalue weighted by molar-refractivity contribution is 0.220. The number of nitrogens with one attached hydrogen (secondary N) is 1. The zero-order valence-electron chi connectivity index (χ0n) is 15.7. The highest BCUT2D eigenvalue weighted by atomic mass is 16.5. The minimum absolute atomic E-state index is 0.677. The molecule has 1 saturated heterocycles. The van der Waals surface area contributed by atoms with Crippen LogP contribution in [0.1, 0.15) is 31.2 Å². The summed E-state index contributed by atoms with van der Waals surface area (Å²) < 4.78 is 7.89. The number of nitrogens with zero attached hydrogens (tertiary/aromatic N) is 4. The van der Waals surface area contributed by atoms with Crippen LogP contribution < -0.4 is 10.1 Å². The smallest absolute Gasteiger partial charge is 0.229 e. The summed E-state index contributed by atoms with van der Waals surface area (Å²) in [6.07, 6.45) is 6.88. The van der Waals surface area contributed by atoms with Gasteiger partial charge < -0.3 is 10.1 Å². The molecule has 0 radical (unpaired) electrons. The average Bonchev–Trinajstić information content (AvgIpc) is 3.12. The highest BCUT2D eigenvalue weighted by Crippen LogP contribution is 2.18. The Morgan fingerprint density at radius 1 is 1.00 bits per heavy atom. The molecule has 1 aliphatic rings. The second kappa shape index (κ2) is 8.86. The van der Waals surface area contributed by atoms with Crippen molar-refractivity contribution in [2.75, 3.05) is 31.6 Å². The molecular weight excluding hydrogens is 338 g/mol. The fraction of sp³-hybridized carbons (Fsp3) is 0.429. The van der Waals surface area contributed by atoms with Crippen LogP contribution in [0.2, 0.25) is 0 Å². The van der Waals surface area contributed by atoms with Crippen LogP contribution in [0.25, 0.3) is 5.65 Å². The monoisotopic (exact) mass is 365 g/mol. The van der Waals surface area contributed by atoms with Gasteiger partial charge >= 0.3 is 0 Å². The van der Waals surface area contributed by atoms with E-state index in [2.05, 4.69) is 38.6 Å². The SMILES string of the molecule is c1cc(CN2CCCCC2)cc(OCCCNc2nnc3ccccn23)c1. The zero-order valence-corrected chi connectivity index (χ0v) is 15.7. The molecule has 0 bridgehead atoms. The number of pyridine rings is 1. The number of fused-ring (bicyclic) bond motifs is 1. The number of anilines is 1. The maximum Gasteiger partial charge on any atom is 0.229 e. The van der Waals surface area contributed by atoms with Crippen LogP contribution in [0.5, 0.6) is 5.75 Å². The number of likely N-dealkylation sites (tertiary alicyclic amines) is 1. The van der Waals surface area contributed by atoms with Crippen molar-refractivity contribution in [3.63, 3.8) is 0 Å². The average molecular weight is 365 g/mol. The van der Waals surface area contributed by atoms with Gasteiger partial charge in [0.1, 0.15) is 5.75 Å². The third-order valence-electron chi connectivity index (χ3n) is 4.94. The van der Waals surface area contributed by atoms with Crippen LogP contribution in [-0.2, 0) is 6.54 Å². The predicted octanol–water partition coefficient (Wildman–Crippen LogP) is 3.60. The van der Waals surface area contributed by atoms with E-state index in [4.69, 9.17) is 4.74 Å². The van der Waals surface area contributed by atoms with Crippen molar-refractivity contribution in [2.24, 2.45) is 0 Å². The molecule has 0 atom stereocenters. The Morgan fingerprint density at radius 3 is 2.85 bits per heavy atom. The second-order valence-electron chi connectivity index (χ2n) is 7.07. The Morgan fingerprint density at radius 2 is 1.93 bits per heavy atom. The Bertz CT molecular complexity index is 856. The van der Waals surface area contributed by atoms with Gasteiger partial charge in [0.05, 0.1) is 6.61 Å². The molecule has 3 aromatic rings. The predicted molar refractivity (Wildman–Crippen MR) is 107 cm³/mol. The minimum atomic E-state index is 0.677. The summed E-state index contributed by atoms with van der Waals surface area (Å²) in [4.78, 5) is 2.54. The molecule has 6 nitrogen and oxygen atoms in total. The van der Waals surface area contributed by atoms with Gasteiger partial charge in [0, 0.05) is 19.3 Å². The van der Waals surface area contributed by atoms with Crippen molar-refractivity contribution in [1.82, 2.24) is 19.5 Å². The number of ether oxygens (including phenoxy) is 1. The summed E-state index contributed by atoms with van der Waals surface area (Å²) in [6, 6.07) is 14.4. The molecule has 1 N–H and O–H groups in total. The van der Waals surface area contributed by atoms with Crippen LogP contribution in [0, 0.1) is 0 Å². The fourth-order valence-corrected chi connectivity index (χ4v) is 3.53. The first-order valence-corrected chi connectivity index (χ1v) is 9.86. The zero-order chi connectivity index (χ0) is 18.3. The molecule has 0 spiro atoms. The van der Waals surface area contributed by atoms with E-state index in [-0.39, 0.29) is 0 Å². The number of aromatic nitrogens is 3. The van der Waals surface area contributed by atoms with Gasteiger partial charge in [0.25, 0.3) is 0 Å². The molecule has 0 aliphatic carbocycles. The molecule has 27 heavy (non-hydrogen) atoms. The van der Waals surface area contributed by atoms with Gasteiger partial charge in [-0.2, -0.15) is 0 Å². The highest BCUT2D eigenvalue weighted by Gasteiger charge is 2.10. The molecule has 2 aromatic heterocycles. The Hall–Kier alpha value is -2.60. The van der Waals surface area contributed by atoms with Gasteiger partial charge in [0.15, 0.2) is 5.65 Å². The third-order valence-corrected chi connectivity index (χ3v) is 4.94. The van der Waals surface area contributed by atoms with Gasteiger partial charge in [-0.25, -0.2) is 0 Å². The van der Waals surface area contributed by atoms with E-state index in [1.165, 1.54) is 37.9 Å². The number of hydrogen-bond acceptors (Lipinski definition) is 5. The van der Waals surface area contributed by atoms with Crippen LogP contribution in [0.4, 0.5) is 5.95 Å². The molecule has 142 valence electrons. The molecule has 0 saturated carbocycles. The van der Waals surface area contributed by atoms with E-state index in [1.807, 2.05) is 34.9 Å². The maximum absolute atomic E-state index is 5.94. The number of benzene rings is 1. The lowest BCUT2D eigenvalue weighted by atomic mass is 10.1. The van der Waals surface area contributed by atoms with Gasteiger partial charge in [-0.15, -0.1) is 10.2 Å². The van der Waals surface area contributed by atoms with E-state index in [1.54, 1.807) is 0 Å². The van der Waals surface area contributed by atoms with Gasteiger partial charge in [0.2, 0.25) is 5.95 Å². The topological polar surface area (TPSA) is 54.7 Å². The maximum atomic E-state index is 5.94. The fourth-order valence-electron chi connectivity index (χ4n) is 3.53. The quantitative estimate of drug-likeness (QED) is 0.618. The van der Waals surface area contributed by atoms with Crippen molar-refractivity contribution < 1.29 is 4.74 Å². The number of rotatable bonds is 8. The largest absolute Gasteiger partial charge is 0.494 e. The van der Waals surface area contributed by atoms with Crippen LogP contribution in [0.3, 0.4) is 0 Å².